The minimum absolute atomic E-state index is 0.750. The summed E-state index contributed by atoms with van der Waals surface area (Å²) < 4.78 is 1.18. The molecule has 0 aliphatic heterocycles. The number of rotatable bonds is 6. The van der Waals surface area contributed by atoms with Crippen LogP contribution in [0.25, 0.3) is 0 Å². The van der Waals surface area contributed by atoms with Crippen molar-refractivity contribution in [1.29, 1.82) is 0 Å². The summed E-state index contributed by atoms with van der Waals surface area (Å²) in [5, 5.41) is 3.17. The Balaban J connectivity index is 2.70. The van der Waals surface area contributed by atoms with Crippen molar-refractivity contribution >= 4 is 21.6 Å². The lowest BCUT2D eigenvalue weighted by Gasteiger charge is -2.22. The third-order valence-corrected chi connectivity index (χ3v) is 3.48. The van der Waals surface area contributed by atoms with E-state index in [0.29, 0.717) is 0 Å². The predicted octanol–water partition coefficient (Wildman–Crippen LogP) is 3.65. The molecule has 0 saturated heterocycles. The summed E-state index contributed by atoms with van der Waals surface area (Å²) in [6.45, 7) is 6.54. The number of hydrogen-bond donors (Lipinski definition) is 1. The van der Waals surface area contributed by atoms with Gasteiger partial charge < -0.3 is 10.2 Å². The van der Waals surface area contributed by atoms with Gasteiger partial charge in [0.2, 0.25) is 0 Å². The van der Waals surface area contributed by atoms with Gasteiger partial charge in [-0.05, 0) is 53.0 Å². The lowest BCUT2D eigenvalue weighted by molar-refractivity contribution is 0.585. The number of nitrogens with zero attached hydrogens (tertiary/aromatic N) is 1. The van der Waals surface area contributed by atoms with E-state index < -0.39 is 0 Å². The first-order chi connectivity index (χ1) is 8.04. The van der Waals surface area contributed by atoms with Crippen LogP contribution < -0.4 is 10.2 Å². The number of benzene rings is 1. The lowest BCUT2D eigenvalue weighted by Crippen LogP contribution is -2.20. The van der Waals surface area contributed by atoms with Crippen LogP contribution in [-0.2, 0) is 6.54 Å². The van der Waals surface area contributed by atoms with Gasteiger partial charge in [0.05, 0.1) is 5.69 Å². The molecular formula is C14H23BrN2. The van der Waals surface area contributed by atoms with Gasteiger partial charge in [-0.1, -0.05) is 19.9 Å². The van der Waals surface area contributed by atoms with E-state index >= 15 is 0 Å². The highest BCUT2D eigenvalue weighted by atomic mass is 79.9. The third kappa shape index (κ3) is 4.68. The highest BCUT2D eigenvalue weighted by Crippen LogP contribution is 2.27. The molecule has 0 aliphatic carbocycles. The maximum Gasteiger partial charge on any atom is 0.0508 e. The smallest absolute Gasteiger partial charge is 0.0508 e. The fraction of sp³-hybridized carbons (Fsp3) is 0.571. The summed E-state index contributed by atoms with van der Waals surface area (Å²) in [7, 11) is 4.12. The molecular weight excluding hydrogens is 276 g/mol. The molecule has 0 unspecified atom stereocenters. The summed E-state index contributed by atoms with van der Waals surface area (Å²) in [6, 6.07) is 6.57. The lowest BCUT2D eigenvalue weighted by atomic mass is 10.1. The quantitative estimate of drug-likeness (QED) is 0.862. The van der Waals surface area contributed by atoms with Gasteiger partial charge in [-0.15, -0.1) is 0 Å². The van der Waals surface area contributed by atoms with Crippen molar-refractivity contribution < 1.29 is 0 Å². The van der Waals surface area contributed by atoms with Gasteiger partial charge >= 0.3 is 0 Å². The van der Waals surface area contributed by atoms with E-state index in [2.05, 4.69) is 65.2 Å². The Bertz CT molecular complexity index is 350. The molecule has 0 atom stereocenters. The Kier molecular flexibility index (Phi) is 6.00. The van der Waals surface area contributed by atoms with Gasteiger partial charge in [-0.2, -0.15) is 0 Å². The van der Waals surface area contributed by atoms with Crippen molar-refractivity contribution in [3.05, 3.63) is 28.2 Å². The molecule has 0 heterocycles. The summed E-state index contributed by atoms with van der Waals surface area (Å²) in [6.07, 6.45) is 1.22. The number of hydrogen-bond acceptors (Lipinski definition) is 2. The molecule has 0 bridgehead atoms. The molecule has 1 rings (SSSR count). The molecule has 1 N–H and O–H groups in total. The highest BCUT2D eigenvalue weighted by Gasteiger charge is 2.07. The van der Waals surface area contributed by atoms with Crippen molar-refractivity contribution in [2.24, 2.45) is 5.92 Å². The summed E-state index contributed by atoms with van der Waals surface area (Å²) >= 11 is 3.66. The molecule has 1 aromatic rings. The molecule has 1 aromatic carbocycles. The van der Waals surface area contributed by atoms with E-state index in [4.69, 9.17) is 0 Å². The second kappa shape index (κ2) is 7.02. The minimum atomic E-state index is 0.750. The van der Waals surface area contributed by atoms with E-state index in [1.807, 2.05) is 7.05 Å². The average molecular weight is 299 g/mol. The Morgan fingerprint density at radius 1 is 1.35 bits per heavy atom. The SMILES string of the molecule is CNCc1ccc(N(C)CCC(C)C)c(Br)c1. The summed E-state index contributed by atoms with van der Waals surface area (Å²) in [5.74, 6) is 0.750. The first-order valence-corrected chi connectivity index (χ1v) is 6.98. The van der Waals surface area contributed by atoms with Crippen LogP contribution >= 0.6 is 15.9 Å². The molecule has 0 fully saturated rings. The fourth-order valence-electron chi connectivity index (χ4n) is 1.75. The van der Waals surface area contributed by atoms with E-state index in [-0.39, 0.29) is 0 Å². The molecule has 96 valence electrons. The highest BCUT2D eigenvalue weighted by molar-refractivity contribution is 9.10. The van der Waals surface area contributed by atoms with Gasteiger partial charge in [0, 0.05) is 24.6 Å². The zero-order chi connectivity index (χ0) is 12.8. The zero-order valence-electron chi connectivity index (χ0n) is 11.3. The predicted molar refractivity (Wildman–Crippen MR) is 79.6 cm³/mol. The molecule has 0 radical (unpaired) electrons. The molecule has 17 heavy (non-hydrogen) atoms. The molecule has 2 nitrogen and oxygen atoms in total. The van der Waals surface area contributed by atoms with Crippen LogP contribution in [0.1, 0.15) is 25.8 Å². The second-order valence-corrected chi connectivity index (χ2v) is 5.77. The molecule has 0 aliphatic rings. The first-order valence-electron chi connectivity index (χ1n) is 6.18. The van der Waals surface area contributed by atoms with E-state index in [1.54, 1.807) is 0 Å². The van der Waals surface area contributed by atoms with Crippen LogP contribution in [0.15, 0.2) is 22.7 Å². The second-order valence-electron chi connectivity index (χ2n) is 4.92. The number of nitrogens with one attached hydrogen (secondary N) is 1. The Labute approximate surface area is 114 Å². The van der Waals surface area contributed by atoms with Crippen LogP contribution in [0.3, 0.4) is 0 Å². The largest absolute Gasteiger partial charge is 0.374 e. The Hall–Kier alpha value is -0.540. The van der Waals surface area contributed by atoms with E-state index in [1.165, 1.54) is 22.1 Å². The standard InChI is InChI=1S/C14H23BrN2/c1-11(2)7-8-17(4)14-6-5-12(10-16-3)9-13(14)15/h5-6,9,11,16H,7-8,10H2,1-4H3. The van der Waals surface area contributed by atoms with Crippen molar-refractivity contribution in [3.63, 3.8) is 0 Å². The van der Waals surface area contributed by atoms with Gasteiger partial charge in [-0.3, -0.25) is 0 Å². The monoisotopic (exact) mass is 298 g/mol. The Morgan fingerprint density at radius 3 is 2.59 bits per heavy atom. The number of anilines is 1. The average Bonchev–Trinajstić information content (AvgIpc) is 2.26. The summed E-state index contributed by atoms with van der Waals surface area (Å²) in [5.41, 5.74) is 2.57. The third-order valence-electron chi connectivity index (χ3n) is 2.85. The van der Waals surface area contributed by atoms with Crippen LogP contribution in [0.4, 0.5) is 5.69 Å². The van der Waals surface area contributed by atoms with E-state index in [9.17, 15) is 0 Å². The van der Waals surface area contributed by atoms with Crippen molar-refractivity contribution in [2.75, 3.05) is 25.5 Å². The first kappa shape index (κ1) is 14.5. The van der Waals surface area contributed by atoms with Crippen LogP contribution in [0.2, 0.25) is 0 Å². The molecule has 0 saturated carbocycles. The van der Waals surface area contributed by atoms with Crippen molar-refractivity contribution in [2.45, 2.75) is 26.8 Å². The van der Waals surface area contributed by atoms with Gasteiger partial charge in [0.25, 0.3) is 0 Å². The van der Waals surface area contributed by atoms with Crippen LogP contribution in [0.5, 0.6) is 0 Å². The van der Waals surface area contributed by atoms with E-state index in [0.717, 1.165) is 19.0 Å². The number of halogens is 1. The molecule has 3 heteroatoms. The van der Waals surface area contributed by atoms with Crippen molar-refractivity contribution in [1.82, 2.24) is 5.32 Å². The maximum atomic E-state index is 3.66. The molecule has 0 aromatic heterocycles. The van der Waals surface area contributed by atoms with Gasteiger partial charge in [0.15, 0.2) is 0 Å². The molecule has 0 spiro atoms. The normalized spacial score (nSPS) is 10.9. The van der Waals surface area contributed by atoms with Gasteiger partial charge in [-0.25, -0.2) is 0 Å². The molecule has 0 amide bonds. The summed E-state index contributed by atoms with van der Waals surface area (Å²) in [4.78, 5) is 2.31. The maximum absolute atomic E-state index is 3.66. The minimum Gasteiger partial charge on any atom is -0.374 e. The fourth-order valence-corrected chi connectivity index (χ4v) is 2.48. The van der Waals surface area contributed by atoms with Crippen molar-refractivity contribution in [3.8, 4) is 0 Å². The zero-order valence-corrected chi connectivity index (χ0v) is 12.8. The van der Waals surface area contributed by atoms with Crippen LogP contribution in [-0.4, -0.2) is 20.6 Å². The van der Waals surface area contributed by atoms with Crippen LogP contribution in [0, 0.1) is 5.92 Å². The van der Waals surface area contributed by atoms with Gasteiger partial charge in [0.1, 0.15) is 0 Å². The topological polar surface area (TPSA) is 15.3 Å². The Morgan fingerprint density at radius 2 is 2.06 bits per heavy atom.